The number of aryl methyl sites for hydroxylation is 1. The molecule has 0 aromatic heterocycles. The van der Waals surface area contributed by atoms with Gasteiger partial charge in [-0.1, -0.05) is 25.5 Å². The Labute approximate surface area is 115 Å². The number of nitrogens with two attached hydrogens (primary N) is 1. The Morgan fingerprint density at radius 1 is 1.42 bits per heavy atom. The molecule has 106 valence electrons. The van der Waals surface area contributed by atoms with Gasteiger partial charge in [-0.25, -0.2) is 0 Å². The van der Waals surface area contributed by atoms with Crippen molar-refractivity contribution >= 4 is 5.91 Å². The van der Waals surface area contributed by atoms with E-state index in [0.29, 0.717) is 19.6 Å². The summed E-state index contributed by atoms with van der Waals surface area (Å²) in [4.78, 5) is 11.8. The maximum atomic E-state index is 11.8. The van der Waals surface area contributed by atoms with Crippen LogP contribution in [0.25, 0.3) is 0 Å². The highest BCUT2D eigenvalue weighted by atomic mass is 16.5. The number of ether oxygens (including phenoxy) is 1. The maximum absolute atomic E-state index is 11.8. The van der Waals surface area contributed by atoms with E-state index in [4.69, 9.17) is 10.5 Å². The van der Waals surface area contributed by atoms with Gasteiger partial charge in [0.25, 0.3) is 0 Å². The normalized spacial score (nSPS) is 12.0. The molecule has 1 aromatic rings. The van der Waals surface area contributed by atoms with Gasteiger partial charge in [-0.05, 0) is 31.9 Å². The van der Waals surface area contributed by atoms with Crippen LogP contribution in [0, 0.1) is 6.92 Å². The minimum atomic E-state index is -0.425. The first-order chi connectivity index (χ1) is 9.08. The Morgan fingerprint density at radius 3 is 2.79 bits per heavy atom. The second kappa shape index (κ2) is 7.79. The van der Waals surface area contributed by atoms with Gasteiger partial charge >= 0.3 is 0 Å². The third-order valence-electron chi connectivity index (χ3n) is 2.91. The van der Waals surface area contributed by atoms with E-state index in [2.05, 4.69) is 5.32 Å². The summed E-state index contributed by atoms with van der Waals surface area (Å²) >= 11 is 0. The molecule has 19 heavy (non-hydrogen) atoms. The zero-order valence-electron chi connectivity index (χ0n) is 12.0. The molecule has 0 aliphatic heterocycles. The monoisotopic (exact) mass is 264 g/mol. The number of benzene rings is 1. The Kier molecular flexibility index (Phi) is 6.36. The molecular formula is C15H24N2O2. The van der Waals surface area contributed by atoms with Crippen LogP contribution < -0.4 is 15.8 Å². The van der Waals surface area contributed by atoms with E-state index < -0.39 is 6.04 Å². The molecule has 0 fully saturated rings. The minimum Gasteiger partial charge on any atom is -0.494 e. The van der Waals surface area contributed by atoms with Crippen LogP contribution in [0.15, 0.2) is 18.2 Å². The molecule has 1 unspecified atom stereocenters. The van der Waals surface area contributed by atoms with Crippen LogP contribution in [0.3, 0.4) is 0 Å². The van der Waals surface area contributed by atoms with Gasteiger partial charge in [0, 0.05) is 12.1 Å². The lowest BCUT2D eigenvalue weighted by Crippen LogP contribution is -2.40. The third kappa shape index (κ3) is 4.91. The van der Waals surface area contributed by atoms with Gasteiger partial charge in [-0.2, -0.15) is 0 Å². The fraction of sp³-hybridized carbons (Fsp3) is 0.533. The number of nitrogens with one attached hydrogen (secondary N) is 1. The average Bonchev–Trinajstić information content (AvgIpc) is 2.38. The Morgan fingerprint density at radius 2 is 2.16 bits per heavy atom. The molecule has 0 saturated carbocycles. The predicted molar refractivity (Wildman–Crippen MR) is 77.1 cm³/mol. The Bertz CT molecular complexity index is 419. The summed E-state index contributed by atoms with van der Waals surface area (Å²) in [6, 6.07) is 5.55. The van der Waals surface area contributed by atoms with Gasteiger partial charge < -0.3 is 15.8 Å². The van der Waals surface area contributed by atoms with E-state index in [1.807, 2.05) is 39.0 Å². The van der Waals surface area contributed by atoms with E-state index >= 15 is 0 Å². The lowest BCUT2D eigenvalue weighted by Gasteiger charge is -2.14. The van der Waals surface area contributed by atoms with Crippen molar-refractivity contribution in [3.8, 4) is 5.75 Å². The van der Waals surface area contributed by atoms with Crippen LogP contribution in [-0.4, -0.2) is 18.6 Å². The lowest BCUT2D eigenvalue weighted by atomic mass is 10.1. The molecule has 0 radical (unpaired) electrons. The number of carbonyl (C=O) groups is 1. The topological polar surface area (TPSA) is 64.4 Å². The predicted octanol–water partition coefficient (Wildman–Crippen LogP) is 2.14. The van der Waals surface area contributed by atoms with Gasteiger partial charge in [0.15, 0.2) is 0 Å². The molecule has 1 aromatic carbocycles. The zero-order chi connectivity index (χ0) is 14.3. The van der Waals surface area contributed by atoms with Crippen molar-refractivity contribution in [1.82, 2.24) is 5.32 Å². The smallest absolute Gasteiger partial charge is 0.237 e. The lowest BCUT2D eigenvalue weighted by molar-refractivity contribution is -0.122. The first kappa shape index (κ1) is 15.5. The molecule has 4 heteroatoms. The molecule has 4 nitrogen and oxygen atoms in total. The molecule has 0 spiro atoms. The first-order valence-electron chi connectivity index (χ1n) is 6.84. The van der Waals surface area contributed by atoms with Crippen molar-refractivity contribution in [2.75, 3.05) is 6.61 Å². The summed E-state index contributed by atoms with van der Waals surface area (Å²) < 4.78 is 5.58. The van der Waals surface area contributed by atoms with E-state index in [1.54, 1.807) is 0 Å². The average molecular weight is 264 g/mol. The highest BCUT2D eigenvalue weighted by Gasteiger charge is 2.12. The summed E-state index contributed by atoms with van der Waals surface area (Å²) in [6.07, 6.45) is 1.61. The van der Waals surface area contributed by atoms with Crippen LogP contribution in [-0.2, 0) is 11.3 Å². The molecule has 0 heterocycles. The largest absolute Gasteiger partial charge is 0.494 e. The molecule has 0 saturated heterocycles. The zero-order valence-corrected chi connectivity index (χ0v) is 12.0. The second-order valence-corrected chi connectivity index (χ2v) is 4.66. The molecule has 1 rings (SSSR count). The number of carbonyl (C=O) groups excluding carboxylic acids is 1. The van der Waals surface area contributed by atoms with Gasteiger partial charge in [-0.3, -0.25) is 4.79 Å². The van der Waals surface area contributed by atoms with Gasteiger partial charge in [0.1, 0.15) is 5.75 Å². The number of hydrogen-bond acceptors (Lipinski definition) is 3. The molecule has 0 aliphatic carbocycles. The summed E-state index contributed by atoms with van der Waals surface area (Å²) in [5, 5.41) is 2.86. The van der Waals surface area contributed by atoms with Gasteiger partial charge in [0.2, 0.25) is 5.91 Å². The van der Waals surface area contributed by atoms with E-state index in [0.717, 1.165) is 23.3 Å². The minimum absolute atomic E-state index is 0.107. The molecular weight excluding hydrogens is 240 g/mol. The Balaban J connectivity index is 2.64. The number of amides is 1. The van der Waals surface area contributed by atoms with Crippen LogP contribution in [0.2, 0.25) is 0 Å². The maximum Gasteiger partial charge on any atom is 0.237 e. The van der Waals surface area contributed by atoms with Crippen molar-refractivity contribution in [3.05, 3.63) is 29.3 Å². The highest BCUT2D eigenvalue weighted by Crippen LogP contribution is 2.20. The molecule has 0 aliphatic rings. The summed E-state index contributed by atoms with van der Waals surface area (Å²) in [7, 11) is 0. The Hall–Kier alpha value is -1.55. The standard InChI is InChI=1S/C15H24N2O2/c1-4-6-13(16)15(18)17-10-12-8-7-11(3)9-14(12)19-5-2/h7-9,13H,4-6,10,16H2,1-3H3,(H,17,18). The SMILES string of the molecule is CCCC(N)C(=O)NCc1ccc(C)cc1OCC. The quantitative estimate of drug-likeness (QED) is 0.793. The van der Waals surface area contributed by atoms with Gasteiger partial charge in [-0.15, -0.1) is 0 Å². The third-order valence-corrected chi connectivity index (χ3v) is 2.91. The second-order valence-electron chi connectivity index (χ2n) is 4.66. The van der Waals surface area contributed by atoms with Crippen molar-refractivity contribution in [3.63, 3.8) is 0 Å². The number of hydrogen-bond donors (Lipinski definition) is 2. The summed E-state index contributed by atoms with van der Waals surface area (Å²) in [5.41, 5.74) is 7.89. The highest BCUT2D eigenvalue weighted by molar-refractivity contribution is 5.81. The molecule has 1 amide bonds. The first-order valence-corrected chi connectivity index (χ1v) is 6.84. The van der Waals surface area contributed by atoms with Crippen LogP contribution in [0.4, 0.5) is 0 Å². The van der Waals surface area contributed by atoms with E-state index in [9.17, 15) is 4.79 Å². The van der Waals surface area contributed by atoms with Crippen molar-refractivity contribution in [2.24, 2.45) is 5.73 Å². The van der Waals surface area contributed by atoms with Crippen LogP contribution in [0.1, 0.15) is 37.8 Å². The summed E-state index contributed by atoms with van der Waals surface area (Å²) in [5.74, 6) is 0.719. The van der Waals surface area contributed by atoms with E-state index in [-0.39, 0.29) is 5.91 Å². The van der Waals surface area contributed by atoms with Crippen molar-refractivity contribution < 1.29 is 9.53 Å². The molecule has 3 N–H and O–H groups in total. The molecule has 1 atom stereocenters. The fourth-order valence-corrected chi connectivity index (χ4v) is 1.85. The van der Waals surface area contributed by atoms with E-state index in [1.165, 1.54) is 0 Å². The fourth-order valence-electron chi connectivity index (χ4n) is 1.85. The molecule has 0 bridgehead atoms. The van der Waals surface area contributed by atoms with Crippen molar-refractivity contribution in [1.29, 1.82) is 0 Å². The van der Waals surface area contributed by atoms with Crippen LogP contribution >= 0.6 is 0 Å². The van der Waals surface area contributed by atoms with Gasteiger partial charge in [0.05, 0.1) is 12.6 Å². The van der Waals surface area contributed by atoms with Crippen LogP contribution in [0.5, 0.6) is 5.75 Å². The summed E-state index contributed by atoms with van der Waals surface area (Å²) in [6.45, 7) is 7.04. The van der Waals surface area contributed by atoms with Crippen molar-refractivity contribution in [2.45, 2.75) is 46.2 Å². The number of rotatable bonds is 7.